The van der Waals surface area contributed by atoms with Crippen molar-refractivity contribution in [2.75, 3.05) is 12.4 Å². The van der Waals surface area contributed by atoms with Gasteiger partial charge in [0.15, 0.2) is 5.13 Å². The van der Waals surface area contributed by atoms with E-state index >= 15 is 0 Å². The molecule has 92 valence electrons. The topological polar surface area (TPSA) is 53.6 Å². The molecule has 18 heavy (non-hydrogen) atoms. The number of aryl methyl sites for hydroxylation is 1. The quantitative estimate of drug-likeness (QED) is 0.758. The number of rotatable bonds is 3. The number of imidazole rings is 1. The van der Waals surface area contributed by atoms with Gasteiger partial charge in [0.05, 0.1) is 16.7 Å². The molecule has 2 heterocycles. The Morgan fingerprint density at radius 2 is 2.22 bits per heavy atom. The second-order valence-corrected chi connectivity index (χ2v) is 4.91. The molecule has 0 unspecified atom stereocenters. The lowest BCUT2D eigenvalue weighted by Gasteiger charge is -1.96. The highest BCUT2D eigenvalue weighted by atomic mass is 32.1. The summed E-state index contributed by atoms with van der Waals surface area (Å²) in [5.41, 5.74) is 4.20. The minimum Gasteiger partial charge on any atom is -0.365 e. The second kappa shape index (κ2) is 4.42. The lowest BCUT2D eigenvalue weighted by atomic mass is 10.1. The van der Waals surface area contributed by atoms with E-state index in [1.165, 1.54) is 0 Å². The van der Waals surface area contributed by atoms with Gasteiger partial charge >= 0.3 is 0 Å². The fraction of sp³-hybridized carbons (Fsp3) is 0.231. The van der Waals surface area contributed by atoms with Crippen molar-refractivity contribution in [2.45, 2.75) is 13.3 Å². The van der Waals surface area contributed by atoms with Crippen LogP contribution in [0.2, 0.25) is 0 Å². The zero-order valence-electron chi connectivity index (χ0n) is 10.3. The number of hydrogen-bond donors (Lipinski definition) is 2. The van der Waals surface area contributed by atoms with Gasteiger partial charge in [-0.05, 0) is 12.1 Å². The monoisotopic (exact) mass is 258 g/mol. The van der Waals surface area contributed by atoms with Gasteiger partial charge in [-0.2, -0.15) is 0 Å². The molecule has 0 aliphatic heterocycles. The fourth-order valence-corrected chi connectivity index (χ4v) is 2.59. The first-order chi connectivity index (χ1) is 8.80. The first kappa shape index (κ1) is 11.2. The minimum absolute atomic E-state index is 0.921. The summed E-state index contributed by atoms with van der Waals surface area (Å²) in [4.78, 5) is 12.3. The van der Waals surface area contributed by atoms with Gasteiger partial charge in [0, 0.05) is 24.4 Å². The third-order valence-corrected chi connectivity index (χ3v) is 3.74. The number of H-pyrrole nitrogens is 1. The number of nitrogens with zero attached hydrogens (tertiary/aromatic N) is 2. The molecule has 0 bridgehead atoms. The van der Waals surface area contributed by atoms with E-state index in [9.17, 15) is 0 Å². The van der Waals surface area contributed by atoms with Crippen LogP contribution < -0.4 is 5.32 Å². The number of anilines is 1. The number of fused-ring (bicyclic) bond motifs is 1. The molecule has 3 aromatic rings. The van der Waals surface area contributed by atoms with Crippen molar-refractivity contribution in [1.29, 1.82) is 0 Å². The number of aromatic nitrogens is 3. The average molecular weight is 258 g/mol. The highest BCUT2D eigenvalue weighted by Crippen LogP contribution is 2.26. The van der Waals surface area contributed by atoms with Gasteiger partial charge in [0.2, 0.25) is 0 Å². The molecule has 2 N–H and O–H groups in total. The molecular formula is C13H14N4S. The summed E-state index contributed by atoms with van der Waals surface area (Å²) in [6.07, 6.45) is 0.921. The van der Waals surface area contributed by atoms with Gasteiger partial charge in [-0.3, -0.25) is 0 Å². The summed E-state index contributed by atoms with van der Waals surface area (Å²) in [6.45, 7) is 2.10. The van der Waals surface area contributed by atoms with E-state index in [1.807, 2.05) is 13.1 Å². The van der Waals surface area contributed by atoms with Gasteiger partial charge in [0.25, 0.3) is 0 Å². The first-order valence-corrected chi connectivity index (χ1v) is 6.80. The first-order valence-electron chi connectivity index (χ1n) is 5.92. The lowest BCUT2D eigenvalue weighted by Crippen LogP contribution is -1.86. The number of thiazole rings is 1. The van der Waals surface area contributed by atoms with Gasteiger partial charge < -0.3 is 10.3 Å². The molecule has 4 nitrogen and oxygen atoms in total. The number of nitrogens with one attached hydrogen (secondary N) is 2. The van der Waals surface area contributed by atoms with E-state index < -0.39 is 0 Å². The van der Waals surface area contributed by atoms with Gasteiger partial charge in [-0.15, -0.1) is 11.3 Å². The molecule has 5 heteroatoms. The van der Waals surface area contributed by atoms with Crippen molar-refractivity contribution in [3.05, 3.63) is 29.4 Å². The van der Waals surface area contributed by atoms with Crippen molar-refractivity contribution in [2.24, 2.45) is 0 Å². The molecule has 3 rings (SSSR count). The van der Waals surface area contributed by atoms with Crippen LogP contribution in [-0.2, 0) is 6.42 Å². The predicted octanol–water partition coefficient (Wildman–Crippen LogP) is 3.29. The van der Waals surface area contributed by atoms with E-state index in [0.717, 1.165) is 39.7 Å². The molecule has 0 saturated carbocycles. The second-order valence-electron chi connectivity index (χ2n) is 4.06. The zero-order valence-corrected chi connectivity index (χ0v) is 11.1. The third kappa shape index (κ3) is 1.86. The third-order valence-electron chi connectivity index (χ3n) is 2.88. The molecule has 0 spiro atoms. The Kier molecular flexibility index (Phi) is 2.76. The Morgan fingerprint density at radius 3 is 2.94 bits per heavy atom. The van der Waals surface area contributed by atoms with Crippen molar-refractivity contribution in [3.8, 4) is 11.3 Å². The van der Waals surface area contributed by atoms with Crippen molar-refractivity contribution < 1.29 is 0 Å². The van der Waals surface area contributed by atoms with Crippen LogP contribution in [0.5, 0.6) is 0 Å². The summed E-state index contributed by atoms with van der Waals surface area (Å²) in [7, 11) is 1.88. The van der Waals surface area contributed by atoms with E-state index in [4.69, 9.17) is 0 Å². The van der Waals surface area contributed by atoms with Crippen LogP contribution in [0.25, 0.3) is 22.3 Å². The van der Waals surface area contributed by atoms with Crippen LogP contribution >= 0.6 is 11.3 Å². The maximum Gasteiger partial charge on any atom is 0.182 e. The van der Waals surface area contributed by atoms with E-state index in [-0.39, 0.29) is 0 Å². The lowest BCUT2D eigenvalue weighted by molar-refractivity contribution is 1.00. The summed E-state index contributed by atoms with van der Waals surface area (Å²) < 4.78 is 0. The van der Waals surface area contributed by atoms with Crippen LogP contribution in [0.3, 0.4) is 0 Å². The Hall–Kier alpha value is -1.88. The van der Waals surface area contributed by atoms with Gasteiger partial charge in [-0.1, -0.05) is 13.0 Å². The molecule has 0 amide bonds. The van der Waals surface area contributed by atoms with Gasteiger partial charge in [-0.25, -0.2) is 9.97 Å². The van der Waals surface area contributed by atoms with Crippen LogP contribution in [0.1, 0.15) is 12.7 Å². The normalized spacial score (nSPS) is 11.0. The molecule has 0 saturated heterocycles. The summed E-state index contributed by atoms with van der Waals surface area (Å²) >= 11 is 1.61. The Balaban J connectivity index is 2.06. The number of hydrogen-bond acceptors (Lipinski definition) is 4. The van der Waals surface area contributed by atoms with Crippen molar-refractivity contribution >= 4 is 27.5 Å². The minimum atomic E-state index is 0.921. The fourth-order valence-electron chi connectivity index (χ4n) is 1.91. The van der Waals surface area contributed by atoms with Gasteiger partial charge in [0.1, 0.15) is 5.82 Å². The van der Waals surface area contributed by atoms with E-state index in [1.54, 1.807) is 11.3 Å². The summed E-state index contributed by atoms with van der Waals surface area (Å²) in [6, 6.07) is 6.21. The Morgan fingerprint density at radius 1 is 1.33 bits per heavy atom. The smallest absolute Gasteiger partial charge is 0.182 e. The Bertz CT molecular complexity index is 683. The van der Waals surface area contributed by atoms with Crippen molar-refractivity contribution in [1.82, 2.24) is 15.0 Å². The summed E-state index contributed by atoms with van der Waals surface area (Å²) in [5, 5.41) is 6.05. The molecule has 2 aromatic heterocycles. The molecule has 0 radical (unpaired) electrons. The van der Waals surface area contributed by atoms with E-state index in [0.29, 0.717) is 0 Å². The number of aromatic amines is 1. The Labute approximate surface area is 109 Å². The molecule has 0 fully saturated rings. The zero-order chi connectivity index (χ0) is 12.5. The average Bonchev–Trinajstić information content (AvgIpc) is 3.03. The van der Waals surface area contributed by atoms with Crippen LogP contribution in [0.4, 0.5) is 5.13 Å². The highest BCUT2D eigenvalue weighted by molar-refractivity contribution is 7.14. The molecular weight excluding hydrogens is 244 g/mol. The molecule has 1 aromatic carbocycles. The highest BCUT2D eigenvalue weighted by Gasteiger charge is 2.06. The van der Waals surface area contributed by atoms with E-state index in [2.05, 4.69) is 44.7 Å². The summed E-state index contributed by atoms with van der Waals surface area (Å²) in [5.74, 6) is 1.02. The van der Waals surface area contributed by atoms with Crippen molar-refractivity contribution in [3.63, 3.8) is 0 Å². The van der Waals surface area contributed by atoms with Crippen LogP contribution in [-0.4, -0.2) is 22.0 Å². The molecule has 0 atom stereocenters. The van der Waals surface area contributed by atoms with Crippen LogP contribution in [0, 0.1) is 0 Å². The number of benzene rings is 1. The maximum atomic E-state index is 4.51. The predicted molar refractivity (Wildman–Crippen MR) is 76.1 cm³/mol. The molecule has 0 aliphatic rings. The van der Waals surface area contributed by atoms with Crippen LogP contribution in [0.15, 0.2) is 23.6 Å². The largest absolute Gasteiger partial charge is 0.365 e. The standard InChI is InChI=1S/C13H14N4S/c1-3-12-15-9-5-4-8(6-10(9)16-12)11-7-18-13(14-2)17-11/h4-7H,3H2,1-2H3,(H,14,17)(H,15,16). The molecule has 0 aliphatic carbocycles. The maximum absolute atomic E-state index is 4.51. The SMILES string of the molecule is CCc1nc2ccc(-c3csc(NC)n3)cc2[nH]1.